The molecule has 11 heteroatoms. The zero-order valence-corrected chi connectivity index (χ0v) is 15.1. The third-order valence-corrected chi connectivity index (χ3v) is 4.66. The maximum absolute atomic E-state index is 13.6. The summed E-state index contributed by atoms with van der Waals surface area (Å²) in [5.41, 5.74) is 0. The Morgan fingerprint density at radius 2 is 1.77 bits per heavy atom. The van der Waals surface area contributed by atoms with Crippen LogP contribution in [0.25, 0.3) is 0 Å². The average Bonchev–Trinajstić information content (AvgIpc) is 2.56. The second kappa shape index (κ2) is 8.99. The summed E-state index contributed by atoms with van der Waals surface area (Å²) in [5.74, 6) is -6.94. The second-order valence-electron chi connectivity index (χ2n) is 5.77. The highest BCUT2D eigenvalue weighted by molar-refractivity contribution is 7.89. The molecule has 0 aliphatic rings. The SMILES string of the molecule is COC(=O)C(CC(C)C)NC(=O)CNS(=O)(=O)c1ccc(F)c(F)c1F. The summed E-state index contributed by atoms with van der Waals surface area (Å²) in [6.45, 7) is 2.76. The molecule has 26 heavy (non-hydrogen) atoms. The molecule has 1 aromatic carbocycles. The van der Waals surface area contributed by atoms with Crippen LogP contribution in [0.2, 0.25) is 0 Å². The topological polar surface area (TPSA) is 102 Å². The lowest BCUT2D eigenvalue weighted by Crippen LogP contribution is -2.46. The molecule has 0 aliphatic heterocycles. The molecule has 0 spiro atoms. The fourth-order valence-electron chi connectivity index (χ4n) is 2.03. The van der Waals surface area contributed by atoms with Crippen LogP contribution >= 0.6 is 0 Å². The predicted molar refractivity (Wildman–Crippen MR) is 84.9 cm³/mol. The van der Waals surface area contributed by atoms with Gasteiger partial charge in [0.2, 0.25) is 15.9 Å². The Bertz CT molecular complexity index is 784. The first-order valence-corrected chi connectivity index (χ1v) is 8.98. The minimum atomic E-state index is -4.62. The number of carbonyl (C=O) groups is 2. The minimum absolute atomic E-state index is 0.0346. The number of ether oxygens (including phenoxy) is 1. The van der Waals surface area contributed by atoms with Crippen LogP contribution in [0.5, 0.6) is 0 Å². The maximum Gasteiger partial charge on any atom is 0.328 e. The van der Waals surface area contributed by atoms with E-state index in [0.29, 0.717) is 12.1 Å². The van der Waals surface area contributed by atoms with Gasteiger partial charge in [0.25, 0.3) is 0 Å². The molecular weight excluding hydrogens is 377 g/mol. The molecule has 0 radical (unpaired) electrons. The largest absolute Gasteiger partial charge is 0.467 e. The molecule has 2 N–H and O–H groups in total. The van der Waals surface area contributed by atoms with Crippen LogP contribution in [0.4, 0.5) is 13.2 Å². The lowest BCUT2D eigenvalue weighted by Gasteiger charge is -2.18. The van der Waals surface area contributed by atoms with Gasteiger partial charge in [0, 0.05) is 0 Å². The van der Waals surface area contributed by atoms with Crippen molar-refractivity contribution in [3.05, 3.63) is 29.6 Å². The summed E-state index contributed by atoms with van der Waals surface area (Å²) < 4.78 is 69.9. The number of hydrogen-bond donors (Lipinski definition) is 2. The first-order valence-electron chi connectivity index (χ1n) is 7.50. The summed E-state index contributed by atoms with van der Waals surface area (Å²) >= 11 is 0. The smallest absolute Gasteiger partial charge is 0.328 e. The van der Waals surface area contributed by atoms with Crippen LogP contribution in [0.3, 0.4) is 0 Å². The molecule has 1 amide bonds. The number of hydrogen-bond acceptors (Lipinski definition) is 5. The van der Waals surface area contributed by atoms with Crippen LogP contribution in [0.1, 0.15) is 20.3 Å². The number of benzene rings is 1. The summed E-state index contributed by atoms with van der Waals surface area (Å²) in [4.78, 5) is 22.3. The summed E-state index contributed by atoms with van der Waals surface area (Å²) in [6.07, 6.45) is 0.253. The number of esters is 1. The maximum atomic E-state index is 13.6. The van der Waals surface area contributed by atoms with Crippen LogP contribution in [-0.4, -0.2) is 40.0 Å². The number of carbonyl (C=O) groups excluding carboxylic acids is 2. The average molecular weight is 396 g/mol. The third-order valence-electron chi connectivity index (χ3n) is 3.24. The highest BCUT2D eigenvalue weighted by atomic mass is 32.2. The van der Waals surface area contributed by atoms with Crippen molar-refractivity contribution in [2.75, 3.05) is 13.7 Å². The summed E-state index contributed by atoms with van der Waals surface area (Å²) in [6, 6.07) is -0.00975. The molecule has 1 aromatic rings. The van der Waals surface area contributed by atoms with Crippen LogP contribution in [0.15, 0.2) is 17.0 Å². The van der Waals surface area contributed by atoms with Gasteiger partial charge < -0.3 is 10.1 Å². The Morgan fingerprint density at radius 1 is 1.15 bits per heavy atom. The first kappa shape index (κ1) is 21.9. The molecular formula is C15H19F3N2O5S. The van der Waals surface area contributed by atoms with Crippen LogP contribution in [-0.2, 0) is 24.3 Å². The zero-order valence-electron chi connectivity index (χ0n) is 14.3. The van der Waals surface area contributed by atoms with Gasteiger partial charge in [-0.25, -0.2) is 31.1 Å². The zero-order chi connectivity index (χ0) is 20.1. The highest BCUT2D eigenvalue weighted by Gasteiger charge is 2.26. The molecule has 0 bridgehead atoms. The molecule has 146 valence electrons. The van der Waals surface area contributed by atoms with Gasteiger partial charge in [0.05, 0.1) is 13.7 Å². The van der Waals surface area contributed by atoms with E-state index in [2.05, 4.69) is 10.1 Å². The Hall–Kier alpha value is -2.14. The molecule has 7 nitrogen and oxygen atoms in total. The Kier molecular flexibility index (Phi) is 7.57. The number of sulfonamides is 1. The van der Waals surface area contributed by atoms with Gasteiger partial charge in [-0.15, -0.1) is 0 Å². The number of amides is 1. The van der Waals surface area contributed by atoms with E-state index in [1.54, 1.807) is 18.6 Å². The molecule has 0 saturated heterocycles. The van der Waals surface area contributed by atoms with Gasteiger partial charge in [0.1, 0.15) is 10.9 Å². The van der Waals surface area contributed by atoms with E-state index >= 15 is 0 Å². The summed E-state index contributed by atoms with van der Waals surface area (Å²) in [5, 5.41) is 2.29. The van der Waals surface area contributed by atoms with E-state index in [0.717, 1.165) is 7.11 Å². The normalized spacial score (nSPS) is 12.7. The van der Waals surface area contributed by atoms with Gasteiger partial charge in [-0.2, -0.15) is 0 Å². The number of nitrogens with one attached hydrogen (secondary N) is 2. The monoisotopic (exact) mass is 396 g/mol. The lowest BCUT2D eigenvalue weighted by atomic mass is 10.0. The fourth-order valence-corrected chi connectivity index (χ4v) is 3.08. The summed E-state index contributed by atoms with van der Waals surface area (Å²) in [7, 11) is -3.48. The fraction of sp³-hybridized carbons (Fsp3) is 0.467. The van der Waals surface area contributed by atoms with E-state index in [9.17, 15) is 31.2 Å². The number of halogens is 3. The minimum Gasteiger partial charge on any atom is -0.467 e. The van der Waals surface area contributed by atoms with Crippen LogP contribution in [0, 0.1) is 23.4 Å². The Balaban J connectivity index is 2.82. The van der Waals surface area contributed by atoms with Crippen molar-refractivity contribution in [3.8, 4) is 0 Å². The van der Waals surface area contributed by atoms with Crippen molar-refractivity contribution in [1.29, 1.82) is 0 Å². The van der Waals surface area contributed by atoms with Gasteiger partial charge in [-0.05, 0) is 24.5 Å². The van der Waals surface area contributed by atoms with E-state index in [4.69, 9.17) is 0 Å². The van der Waals surface area contributed by atoms with Crippen molar-refractivity contribution in [1.82, 2.24) is 10.0 Å². The highest BCUT2D eigenvalue weighted by Crippen LogP contribution is 2.19. The van der Waals surface area contributed by atoms with Crippen molar-refractivity contribution in [3.63, 3.8) is 0 Å². The van der Waals surface area contributed by atoms with Gasteiger partial charge in [-0.1, -0.05) is 13.8 Å². The van der Waals surface area contributed by atoms with Gasteiger partial charge in [-0.3, -0.25) is 4.79 Å². The van der Waals surface area contributed by atoms with E-state index < -0.39 is 56.8 Å². The van der Waals surface area contributed by atoms with E-state index in [1.165, 1.54) is 0 Å². The third kappa shape index (κ3) is 5.70. The standard InChI is InChI=1S/C15H19F3N2O5S/c1-8(2)6-10(15(22)25-3)20-12(21)7-19-26(23,24)11-5-4-9(16)13(17)14(11)18/h4-5,8,10,19H,6-7H2,1-3H3,(H,20,21). The Labute approximate surface area is 149 Å². The number of rotatable bonds is 8. The molecule has 1 atom stereocenters. The van der Waals surface area contributed by atoms with Gasteiger partial charge >= 0.3 is 5.97 Å². The second-order valence-corrected chi connectivity index (χ2v) is 7.51. The van der Waals surface area contributed by atoms with Crippen LogP contribution < -0.4 is 10.0 Å². The number of methoxy groups -OCH3 is 1. The van der Waals surface area contributed by atoms with Crippen molar-refractivity contribution >= 4 is 21.9 Å². The van der Waals surface area contributed by atoms with Crippen molar-refractivity contribution in [2.45, 2.75) is 31.2 Å². The van der Waals surface area contributed by atoms with Crippen molar-refractivity contribution in [2.24, 2.45) is 5.92 Å². The van der Waals surface area contributed by atoms with Crippen molar-refractivity contribution < 1.29 is 35.9 Å². The lowest BCUT2D eigenvalue weighted by molar-refractivity contribution is -0.145. The molecule has 0 heterocycles. The molecule has 0 aromatic heterocycles. The molecule has 0 fully saturated rings. The Morgan fingerprint density at radius 3 is 2.31 bits per heavy atom. The molecule has 0 saturated carbocycles. The van der Waals surface area contributed by atoms with E-state index in [1.807, 2.05) is 0 Å². The predicted octanol–water partition coefficient (Wildman–Crippen LogP) is 1.09. The van der Waals surface area contributed by atoms with Gasteiger partial charge in [0.15, 0.2) is 17.5 Å². The quantitative estimate of drug-likeness (QED) is 0.506. The molecule has 0 aliphatic carbocycles. The van der Waals surface area contributed by atoms with E-state index in [-0.39, 0.29) is 12.3 Å². The molecule has 1 unspecified atom stereocenters. The molecule has 1 rings (SSSR count). The first-order chi connectivity index (χ1) is 12.0.